The van der Waals surface area contributed by atoms with Crippen molar-refractivity contribution in [1.29, 1.82) is 0 Å². The first-order valence-corrected chi connectivity index (χ1v) is 11.5. The van der Waals surface area contributed by atoms with Crippen molar-refractivity contribution < 1.29 is 17.9 Å². The summed E-state index contributed by atoms with van der Waals surface area (Å²) in [6, 6.07) is 8.45. The zero-order valence-corrected chi connectivity index (χ0v) is 18.3. The number of hydrogen-bond acceptors (Lipinski definition) is 6. The smallest absolute Gasteiger partial charge is 0.328 e. The van der Waals surface area contributed by atoms with Crippen LogP contribution in [0.5, 0.6) is 5.75 Å². The Morgan fingerprint density at radius 1 is 1.19 bits per heavy atom. The van der Waals surface area contributed by atoms with E-state index in [1.807, 2.05) is 0 Å². The number of aromatic amines is 1. The molecule has 0 aliphatic heterocycles. The summed E-state index contributed by atoms with van der Waals surface area (Å²) in [5.41, 5.74) is -0.431. The fourth-order valence-corrected chi connectivity index (χ4v) is 4.65. The third-order valence-electron chi connectivity index (χ3n) is 5.19. The lowest BCUT2D eigenvalue weighted by atomic mass is 10.1. The number of nitrogens with one attached hydrogen (secondary N) is 3. The van der Waals surface area contributed by atoms with E-state index in [1.54, 1.807) is 6.92 Å². The molecule has 1 amide bonds. The van der Waals surface area contributed by atoms with Crippen molar-refractivity contribution in [3.63, 3.8) is 0 Å². The van der Waals surface area contributed by atoms with Gasteiger partial charge in [-0.25, -0.2) is 17.9 Å². The quantitative estimate of drug-likeness (QED) is 0.489. The minimum atomic E-state index is -3.72. The van der Waals surface area contributed by atoms with Gasteiger partial charge in [0.05, 0.1) is 28.6 Å². The maximum Gasteiger partial charge on any atom is 0.328 e. The number of amides is 1. The third kappa shape index (κ3) is 4.16. The van der Waals surface area contributed by atoms with Crippen molar-refractivity contribution in [3.05, 3.63) is 62.8 Å². The molecule has 0 saturated heterocycles. The molecule has 3 aromatic rings. The Kier molecular flexibility index (Phi) is 5.61. The van der Waals surface area contributed by atoms with Crippen molar-refractivity contribution in [2.24, 2.45) is 0 Å². The standard InChI is InChI=1S/C21H22N4O6S/c1-3-25-20(27)15-8-4-12(10-16(15)23-21(25)28)19(26)22-17-11-14(7-9-18(17)31-2)32(29,30)24-13-5-6-13/h4,7-11,13,24H,3,5-6H2,1-2H3,(H,22,26)(H,23,28). The van der Waals surface area contributed by atoms with Crippen molar-refractivity contribution in [1.82, 2.24) is 14.3 Å². The molecule has 1 aromatic heterocycles. The Morgan fingerprint density at radius 3 is 2.59 bits per heavy atom. The summed E-state index contributed by atoms with van der Waals surface area (Å²) in [6.07, 6.45) is 1.60. The number of carbonyl (C=O) groups excluding carboxylic acids is 1. The zero-order chi connectivity index (χ0) is 23.0. The molecule has 2 aromatic carbocycles. The Bertz CT molecular complexity index is 1440. The molecule has 1 aliphatic carbocycles. The molecule has 0 bridgehead atoms. The van der Waals surface area contributed by atoms with E-state index in [2.05, 4.69) is 15.0 Å². The number of fused-ring (bicyclic) bond motifs is 1. The van der Waals surface area contributed by atoms with Gasteiger partial charge in [0.1, 0.15) is 5.75 Å². The number of sulfonamides is 1. The van der Waals surface area contributed by atoms with Gasteiger partial charge in [0.15, 0.2) is 0 Å². The largest absolute Gasteiger partial charge is 0.495 e. The lowest BCUT2D eigenvalue weighted by Gasteiger charge is -2.13. The van der Waals surface area contributed by atoms with Crippen LogP contribution in [0.2, 0.25) is 0 Å². The highest BCUT2D eigenvalue weighted by atomic mass is 32.2. The van der Waals surface area contributed by atoms with Crippen LogP contribution in [0.4, 0.5) is 5.69 Å². The average Bonchev–Trinajstić information content (AvgIpc) is 3.56. The number of anilines is 1. The Morgan fingerprint density at radius 2 is 1.94 bits per heavy atom. The normalized spacial score (nSPS) is 13.8. The van der Waals surface area contributed by atoms with E-state index < -0.39 is 27.2 Å². The highest BCUT2D eigenvalue weighted by molar-refractivity contribution is 7.89. The first-order valence-electron chi connectivity index (χ1n) is 10.0. The van der Waals surface area contributed by atoms with E-state index in [4.69, 9.17) is 4.74 Å². The van der Waals surface area contributed by atoms with Crippen LogP contribution < -0.4 is 26.0 Å². The van der Waals surface area contributed by atoms with Gasteiger partial charge in [-0.15, -0.1) is 0 Å². The van der Waals surface area contributed by atoms with Crippen LogP contribution in [0.1, 0.15) is 30.1 Å². The minimum Gasteiger partial charge on any atom is -0.495 e. The van der Waals surface area contributed by atoms with Gasteiger partial charge in [0, 0.05) is 18.2 Å². The molecular weight excluding hydrogens is 436 g/mol. The monoisotopic (exact) mass is 458 g/mol. The Labute approximate surface area is 183 Å². The number of methoxy groups -OCH3 is 1. The first kappa shape index (κ1) is 21.8. The number of benzene rings is 2. The van der Waals surface area contributed by atoms with Crippen molar-refractivity contribution in [3.8, 4) is 5.75 Å². The number of rotatable bonds is 7. The summed E-state index contributed by atoms with van der Waals surface area (Å²) >= 11 is 0. The Balaban J connectivity index is 1.67. The second-order valence-electron chi connectivity index (χ2n) is 7.45. The molecule has 32 heavy (non-hydrogen) atoms. The number of H-pyrrole nitrogens is 1. The van der Waals surface area contributed by atoms with Crippen LogP contribution in [0, 0.1) is 0 Å². The molecule has 1 fully saturated rings. The lowest BCUT2D eigenvalue weighted by Crippen LogP contribution is -2.34. The van der Waals surface area contributed by atoms with Crippen LogP contribution in [0.3, 0.4) is 0 Å². The molecule has 4 rings (SSSR count). The van der Waals surface area contributed by atoms with Crippen molar-refractivity contribution >= 4 is 32.5 Å². The molecule has 0 spiro atoms. The third-order valence-corrected chi connectivity index (χ3v) is 6.71. The van der Waals surface area contributed by atoms with Crippen LogP contribution in [-0.4, -0.2) is 37.0 Å². The van der Waals surface area contributed by atoms with Crippen LogP contribution >= 0.6 is 0 Å². The van der Waals surface area contributed by atoms with Crippen LogP contribution in [-0.2, 0) is 16.6 Å². The number of aromatic nitrogens is 2. The van der Waals surface area contributed by atoms with E-state index in [0.717, 1.165) is 17.4 Å². The van der Waals surface area contributed by atoms with E-state index in [-0.39, 0.29) is 45.4 Å². The van der Waals surface area contributed by atoms with Gasteiger partial charge in [0.25, 0.3) is 11.5 Å². The van der Waals surface area contributed by atoms with Gasteiger partial charge in [-0.3, -0.25) is 14.2 Å². The van der Waals surface area contributed by atoms with Gasteiger partial charge >= 0.3 is 5.69 Å². The Hall–Kier alpha value is -3.44. The van der Waals surface area contributed by atoms with Crippen LogP contribution in [0.25, 0.3) is 10.9 Å². The lowest BCUT2D eigenvalue weighted by molar-refractivity contribution is 0.102. The highest BCUT2D eigenvalue weighted by Crippen LogP contribution is 2.29. The maximum atomic E-state index is 12.9. The molecule has 0 atom stereocenters. The molecule has 10 nitrogen and oxygen atoms in total. The topological polar surface area (TPSA) is 139 Å². The maximum absolute atomic E-state index is 12.9. The van der Waals surface area contributed by atoms with Crippen molar-refractivity contribution in [2.75, 3.05) is 12.4 Å². The number of nitrogens with zero attached hydrogens (tertiary/aromatic N) is 1. The molecule has 11 heteroatoms. The summed E-state index contributed by atoms with van der Waals surface area (Å²) in [4.78, 5) is 40.0. The second kappa shape index (κ2) is 8.24. The first-order chi connectivity index (χ1) is 15.2. The van der Waals surface area contributed by atoms with Gasteiger partial charge in [-0.05, 0) is 56.2 Å². The molecule has 3 N–H and O–H groups in total. The molecule has 168 valence electrons. The molecular formula is C21H22N4O6S. The predicted octanol–water partition coefficient (Wildman–Crippen LogP) is 1.41. The average molecular weight is 458 g/mol. The fourth-order valence-electron chi connectivity index (χ4n) is 3.32. The zero-order valence-electron chi connectivity index (χ0n) is 17.5. The van der Waals surface area contributed by atoms with Gasteiger partial charge < -0.3 is 15.0 Å². The summed E-state index contributed by atoms with van der Waals surface area (Å²) in [5, 5.41) is 2.92. The minimum absolute atomic E-state index is 0.00320. The summed E-state index contributed by atoms with van der Waals surface area (Å²) < 4.78 is 33.9. The number of hydrogen-bond donors (Lipinski definition) is 3. The molecule has 1 saturated carbocycles. The van der Waals surface area contributed by atoms with Crippen molar-refractivity contribution in [2.45, 2.75) is 37.2 Å². The van der Waals surface area contributed by atoms with E-state index in [1.165, 1.54) is 43.5 Å². The molecule has 0 radical (unpaired) electrons. The van der Waals surface area contributed by atoms with Gasteiger partial charge in [0.2, 0.25) is 10.0 Å². The fraction of sp³-hybridized carbons (Fsp3) is 0.286. The summed E-state index contributed by atoms with van der Waals surface area (Å²) in [7, 11) is -2.32. The number of ether oxygens (including phenoxy) is 1. The molecule has 1 heterocycles. The molecule has 1 aliphatic rings. The van der Waals surface area contributed by atoms with Crippen LogP contribution in [0.15, 0.2) is 50.9 Å². The van der Waals surface area contributed by atoms with E-state index in [9.17, 15) is 22.8 Å². The number of carbonyl (C=O) groups is 1. The molecule has 0 unspecified atom stereocenters. The van der Waals surface area contributed by atoms with E-state index >= 15 is 0 Å². The summed E-state index contributed by atoms with van der Waals surface area (Å²) in [5.74, 6) is -0.279. The second-order valence-corrected chi connectivity index (χ2v) is 9.17. The highest BCUT2D eigenvalue weighted by Gasteiger charge is 2.28. The van der Waals surface area contributed by atoms with Gasteiger partial charge in [-0.1, -0.05) is 0 Å². The predicted molar refractivity (Wildman–Crippen MR) is 119 cm³/mol. The SMILES string of the molecule is CCn1c(=O)[nH]c2cc(C(=O)Nc3cc(S(=O)(=O)NC4CC4)ccc3OC)ccc2c1=O. The van der Waals surface area contributed by atoms with E-state index in [0.29, 0.717) is 0 Å². The summed E-state index contributed by atoms with van der Waals surface area (Å²) in [6.45, 7) is 1.91. The van der Waals surface area contributed by atoms with Gasteiger partial charge in [-0.2, -0.15) is 0 Å².